The summed E-state index contributed by atoms with van der Waals surface area (Å²) in [5, 5.41) is 4.92. The molecule has 1 heterocycles. The van der Waals surface area contributed by atoms with Gasteiger partial charge in [-0.05, 0) is 55.5 Å². The highest BCUT2D eigenvalue weighted by Gasteiger charge is 2.24. The van der Waals surface area contributed by atoms with Crippen LogP contribution in [0.5, 0.6) is 11.6 Å². The van der Waals surface area contributed by atoms with Gasteiger partial charge in [-0.15, -0.1) is 11.8 Å². The number of amides is 1. The molecule has 1 aromatic carbocycles. The van der Waals surface area contributed by atoms with Gasteiger partial charge in [-0.1, -0.05) is 38.0 Å². The van der Waals surface area contributed by atoms with Crippen molar-refractivity contribution in [1.29, 1.82) is 0 Å². The van der Waals surface area contributed by atoms with Crippen LogP contribution in [0.4, 0.5) is 0 Å². The van der Waals surface area contributed by atoms with E-state index in [1.807, 2.05) is 48.9 Å². The molecule has 154 valence electrons. The van der Waals surface area contributed by atoms with E-state index in [1.165, 1.54) is 18.4 Å². The fourth-order valence-electron chi connectivity index (χ4n) is 3.43. The molecule has 1 aromatic heterocycles. The van der Waals surface area contributed by atoms with E-state index in [1.54, 1.807) is 18.0 Å². The minimum absolute atomic E-state index is 0.0962. The molecule has 0 aliphatic heterocycles. The van der Waals surface area contributed by atoms with Gasteiger partial charge in [0.15, 0.2) is 0 Å². The van der Waals surface area contributed by atoms with E-state index < -0.39 is 0 Å². The second-order valence-electron chi connectivity index (χ2n) is 7.35. The summed E-state index contributed by atoms with van der Waals surface area (Å²) >= 11 is 1.60. The summed E-state index contributed by atoms with van der Waals surface area (Å²) in [5.41, 5.74) is 1.59. The number of hydrogen-bond donors (Lipinski definition) is 1. The molecule has 1 N–H and O–H groups in total. The lowest BCUT2D eigenvalue weighted by atomic mass is 10.1. The first kappa shape index (κ1) is 21.4. The topological polar surface area (TPSA) is 64.1 Å². The largest absolute Gasteiger partial charge is 0.438 e. The molecule has 2 aromatic rings. The average Bonchev–Trinajstić information content (AvgIpc) is 3.27. The van der Waals surface area contributed by atoms with Gasteiger partial charge in [0.25, 0.3) is 5.91 Å². The SMILES string of the molecule is CCc1ccc(Oc2nc(C3CCCC3)ncc2C(=O)NC(C)/C=C/SC)cc1. The number of carbonyl (C=O) groups excluding carboxylic acids is 1. The highest BCUT2D eigenvalue weighted by Crippen LogP contribution is 2.34. The Morgan fingerprint density at radius 3 is 2.69 bits per heavy atom. The van der Waals surface area contributed by atoms with Crippen molar-refractivity contribution in [3.05, 3.63) is 58.9 Å². The first-order valence-corrected chi connectivity index (χ1v) is 11.5. The first-order valence-electron chi connectivity index (χ1n) is 10.2. The second-order valence-corrected chi connectivity index (χ2v) is 8.10. The van der Waals surface area contributed by atoms with Crippen molar-refractivity contribution < 1.29 is 9.53 Å². The minimum Gasteiger partial charge on any atom is -0.438 e. The quantitative estimate of drug-likeness (QED) is 0.623. The Kier molecular flexibility index (Phi) is 7.69. The summed E-state index contributed by atoms with van der Waals surface area (Å²) in [7, 11) is 0. The summed E-state index contributed by atoms with van der Waals surface area (Å²) in [5.74, 6) is 1.88. The van der Waals surface area contributed by atoms with Crippen LogP contribution in [0.1, 0.15) is 67.2 Å². The Morgan fingerprint density at radius 2 is 2.03 bits per heavy atom. The Labute approximate surface area is 177 Å². The Bertz CT molecular complexity index is 846. The zero-order chi connectivity index (χ0) is 20.6. The molecule has 0 radical (unpaired) electrons. The van der Waals surface area contributed by atoms with Crippen molar-refractivity contribution in [2.45, 2.75) is 57.9 Å². The van der Waals surface area contributed by atoms with E-state index in [0.29, 0.717) is 23.1 Å². The van der Waals surface area contributed by atoms with Crippen LogP contribution < -0.4 is 10.1 Å². The summed E-state index contributed by atoms with van der Waals surface area (Å²) in [6.45, 7) is 4.05. The van der Waals surface area contributed by atoms with Crippen LogP contribution in [-0.2, 0) is 6.42 Å². The van der Waals surface area contributed by atoms with Gasteiger partial charge in [-0.3, -0.25) is 4.79 Å². The van der Waals surface area contributed by atoms with Gasteiger partial charge in [0.1, 0.15) is 17.1 Å². The molecule has 1 amide bonds. The molecule has 29 heavy (non-hydrogen) atoms. The monoisotopic (exact) mass is 411 g/mol. The van der Waals surface area contributed by atoms with Crippen molar-refractivity contribution in [3.63, 3.8) is 0 Å². The number of aryl methyl sites for hydroxylation is 1. The third kappa shape index (κ3) is 5.82. The highest BCUT2D eigenvalue weighted by molar-refractivity contribution is 8.01. The third-order valence-electron chi connectivity index (χ3n) is 5.15. The molecule has 3 rings (SSSR count). The third-order valence-corrected chi connectivity index (χ3v) is 5.57. The maximum Gasteiger partial charge on any atom is 0.258 e. The maximum absolute atomic E-state index is 12.9. The fourth-order valence-corrected chi connectivity index (χ4v) is 3.82. The second kappa shape index (κ2) is 10.4. The van der Waals surface area contributed by atoms with Crippen molar-refractivity contribution in [2.75, 3.05) is 6.26 Å². The van der Waals surface area contributed by atoms with Gasteiger partial charge >= 0.3 is 0 Å². The van der Waals surface area contributed by atoms with Crippen LogP contribution in [0.15, 0.2) is 41.9 Å². The number of thioether (sulfide) groups is 1. The van der Waals surface area contributed by atoms with Crippen LogP contribution >= 0.6 is 11.8 Å². The van der Waals surface area contributed by atoms with E-state index in [2.05, 4.69) is 22.2 Å². The number of nitrogens with zero attached hydrogens (tertiary/aromatic N) is 2. The van der Waals surface area contributed by atoms with E-state index in [4.69, 9.17) is 4.74 Å². The predicted octanol–water partition coefficient (Wildman–Crippen LogP) is 5.48. The minimum atomic E-state index is -0.235. The molecule has 1 unspecified atom stereocenters. The van der Waals surface area contributed by atoms with Crippen LogP contribution in [0.2, 0.25) is 0 Å². The van der Waals surface area contributed by atoms with Gasteiger partial charge in [0, 0.05) is 18.2 Å². The molecular formula is C23H29N3O2S. The van der Waals surface area contributed by atoms with Gasteiger partial charge in [0.2, 0.25) is 5.88 Å². The highest BCUT2D eigenvalue weighted by atomic mass is 32.2. The molecule has 1 aliphatic rings. The maximum atomic E-state index is 12.9. The van der Waals surface area contributed by atoms with Crippen LogP contribution in [-0.4, -0.2) is 28.2 Å². The molecule has 0 spiro atoms. The Morgan fingerprint density at radius 1 is 1.31 bits per heavy atom. The van der Waals surface area contributed by atoms with Crippen LogP contribution in [0.25, 0.3) is 0 Å². The number of rotatable bonds is 8. The number of hydrogen-bond acceptors (Lipinski definition) is 5. The molecule has 5 nitrogen and oxygen atoms in total. The standard InChI is InChI=1S/C23H29N3O2S/c1-4-17-9-11-19(12-10-17)28-23-20(22(27)25-16(2)13-14-29-3)15-24-21(26-23)18-7-5-6-8-18/h9-16,18H,4-8H2,1-3H3,(H,25,27)/b14-13+. The Balaban J connectivity index is 1.86. The summed E-state index contributed by atoms with van der Waals surface area (Å²) < 4.78 is 6.06. The van der Waals surface area contributed by atoms with E-state index in [9.17, 15) is 4.79 Å². The van der Waals surface area contributed by atoms with Crippen molar-refractivity contribution in [1.82, 2.24) is 15.3 Å². The number of aromatic nitrogens is 2. The van der Waals surface area contributed by atoms with Gasteiger partial charge in [-0.25, -0.2) is 4.98 Å². The molecule has 6 heteroatoms. The molecule has 1 aliphatic carbocycles. The van der Waals surface area contributed by atoms with Gasteiger partial charge < -0.3 is 10.1 Å². The molecule has 1 saturated carbocycles. The lowest BCUT2D eigenvalue weighted by Crippen LogP contribution is -2.31. The van der Waals surface area contributed by atoms with Gasteiger partial charge in [-0.2, -0.15) is 4.98 Å². The lowest BCUT2D eigenvalue weighted by molar-refractivity contribution is 0.0943. The average molecular weight is 412 g/mol. The normalized spacial score (nSPS) is 15.6. The van der Waals surface area contributed by atoms with Crippen LogP contribution in [0.3, 0.4) is 0 Å². The summed E-state index contributed by atoms with van der Waals surface area (Å²) in [6.07, 6.45) is 11.1. The number of carbonyl (C=O) groups is 1. The zero-order valence-electron chi connectivity index (χ0n) is 17.4. The van der Waals surface area contributed by atoms with Crippen molar-refractivity contribution in [3.8, 4) is 11.6 Å². The number of nitrogens with one attached hydrogen (secondary N) is 1. The fraction of sp³-hybridized carbons (Fsp3) is 0.435. The number of benzene rings is 1. The molecule has 1 atom stereocenters. The molecule has 0 bridgehead atoms. The van der Waals surface area contributed by atoms with Crippen molar-refractivity contribution in [2.24, 2.45) is 0 Å². The molecule has 1 fully saturated rings. The Hall–Kier alpha value is -2.34. The van der Waals surface area contributed by atoms with Crippen molar-refractivity contribution >= 4 is 17.7 Å². The lowest BCUT2D eigenvalue weighted by Gasteiger charge is -2.15. The molecule has 0 saturated heterocycles. The first-order chi connectivity index (χ1) is 14.1. The zero-order valence-corrected chi connectivity index (χ0v) is 18.2. The van der Waals surface area contributed by atoms with E-state index >= 15 is 0 Å². The van der Waals surface area contributed by atoms with E-state index in [-0.39, 0.29) is 11.9 Å². The van der Waals surface area contributed by atoms with Crippen LogP contribution in [0, 0.1) is 0 Å². The summed E-state index contributed by atoms with van der Waals surface area (Å²) in [6, 6.07) is 7.80. The smallest absolute Gasteiger partial charge is 0.258 e. The number of ether oxygens (including phenoxy) is 1. The molecular weight excluding hydrogens is 382 g/mol. The van der Waals surface area contributed by atoms with Gasteiger partial charge in [0.05, 0.1) is 0 Å². The predicted molar refractivity (Wildman–Crippen MR) is 119 cm³/mol. The summed E-state index contributed by atoms with van der Waals surface area (Å²) in [4.78, 5) is 22.0. The van der Waals surface area contributed by atoms with E-state index in [0.717, 1.165) is 25.1 Å².